The standard InChI is InChI=1S/C18H14F3NO5/c1-9(23)26-8-17-6-5-12(27-17)13-14(17)16(25)22(15(13)24)11-4-2-3-10(7-11)18(19,20)21/h2-7,12-14H,8H2,1H3/t12-,13+,14-,17-/m0/s1. The number of fused-ring (bicyclic) bond motifs is 5. The fraction of sp³-hybridized carbons (Fsp3) is 0.389. The molecule has 0 saturated carbocycles. The number of ether oxygens (including phenoxy) is 2. The number of alkyl halides is 3. The SMILES string of the molecule is CC(=O)OC[C@]12C=C[C@H](O1)[C@H]1C(=O)N(c3cccc(C(F)(F)F)c3)C(=O)[C@H]12. The van der Waals surface area contributed by atoms with Gasteiger partial charge in [0.25, 0.3) is 0 Å². The van der Waals surface area contributed by atoms with Crippen LogP contribution in [0.4, 0.5) is 18.9 Å². The lowest BCUT2D eigenvalue weighted by molar-refractivity contribution is -0.150. The Morgan fingerprint density at radius 1 is 1.30 bits per heavy atom. The first-order valence-corrected chi connectivity index (χ1v) is 8.20. The first-order valence-electron chi connectivity index (χ1n) is 8.20. The number of benzene rings is 1. The lowest BCUT2D eigenvalue weighted by atomic mass is 9.77. The quantitative estimate of drug-likeness (QED) is 0.455. The predicted molar refractivity (Wildman–Crippen MR) is 84.3 cm³/mol. The van der Waals surface area contributed by atoms with E-state index in [2.05, 4.69) is 0 Å². The highest BCUT2D eigenvalue weighted by Crippen LogP contribution is 2.52. The molecular weight excluding hydrogens is 367 g/mol. The summed E-state index contributed by atoms with van der Waals surface area (Å²) in [5.41, 5.74) is -2.37. The van der Waals surface area contributed by atoms with Crippen molar-refractivity contribution in [3.8, 4) is 0 Å². The summed E-state index contributed by atoms with van der Waals surface area (Å²) >= 11 is 0. The van der Waals surface area contributed by atoms with Crippen molar-refractivity contribution in [2.75, 3.05) is 11.5 Å². The molecule has 0 spiro atoms. The van der Waals surface area contributed by atoms with E-state index in [1.54, 1.807) is 12.2 Å². The summed E-state index contributed by atoms with van der Waals surface area (Å²) in [6.07, 6.45) is -2.08. The van der Waals surface area contributed by atoms with E-state index in [1.165, 1.54) is 13.0 Å². The topological polar surface area (TPSA) is 72.9 Å². The number of carbonyl (C=O) groups excluding carboxylic acids is 3. The van der Waals surface area contributed by atoms with Crippen molar-refractivity contribution in [1.82, 2.24) is 0 Å². The van der Waals surface area contributed by atoms with Crippen LogP contribution in [-0.2, 0) is 30.0 Å². The van der Waals surface area contributed by atoms with Crippen LogP contribution in [0.3, 0.4) is 0 Å². The van der Waals surface area contributed by atoms with Gasteiger partial charge in [-0.2, -0.15) is 13.2 Å². The number of imide groups is 1. The molecule has 2 bridgehead atoms. The van der Waals surface area contributed by atoms with Crippen molar-refractivity contribution in [2.24, 2.45) is 11.8 Å². The zero-order chi connectivity index (χ0) is 19.6. The minimum atomic E-state index is -4.60. The summed E-state index contributed by atoms with van der Waals surface area (Å²) in [5.74, 6) is -3.66. The van der Waals surface area contributed by atoms with E-state index in [0.29, 0.717) is 0 Å². The van der Waals surface area contributed by atoms with Crippen LogP contribution in [-0.4, -0.2) is 36.1 Å². The van der Waals surface area contributed by atoms with Crippen LogP contribution in [0.25, 0.3) is 0 Å². The lowest BCUT2D eigenvalue weighted by Gasteiger charge is -2.28. The first kappa shape index (κ1) is 17.7. The molecule has 2 saturated heterocycles. The van der Waals surface area contributed by atoms with Crippen molar-refractivity contribution < 1.29 is 37.0 Å². The van der Waals surface area contributed by atoms with Crippen LogP contribution in [0.5, 0.6) is 0 Å². The third-order valence-corrected chi connectivity index (χ3v) is 5.09. The highest BCUT2D eigenvalue weighted by Gasteiger charge is 2.68. The molecule has 0 N–H and O–H groups in total. The van der Waals surface area contributed by atoms with Crippen LogP contribution in [0.2, 0.25) is 0 Å². The van der Waals surface area contributed by atoms with Gasteiger partial charge in [0.1, 0.15) is 12.2 Å². The number of hydrogen-bond acceptors (Lipinski definition) is 5. The van der Waals surface area contributed by atoms with Crippen molar-refractivity contribution in [2.45, 2.75) is 24.8 Å². The van der Waals surface area contributed by atoms with Crippen LogP contribution >= 0.6 is 0 Å². The maximum absolute atomic E-state index is 13.0. The molecule has 4 rings (SSSR count). The molecule has 3 aliphatic heterocycles. The Hall–Kier alpha value is -2.68. The molecule has 0 aromatic heterocycles. The number of carbonyl (C=O) groups is 3. The number of amides is 2. The van der Waals surface area contributed by atoms with Gasteiger partial charge in [-0.3, -0.25) is 14.4 Å². The van der Waals surface area contributed by atoms with Crippen molar-refractivity contribution >= 4 is 23.5 Å². The molecule has 27 heavy (non-hydrogen) atoms. The molecular formula is C18H14F3NO5. The fourth-order valence-electron chi connectivity index (χ4n) is 3.96. The second-order valence-corrected chi connectivity index (χ2v) is 6.74. The van der Waals surface area contributed by atoms with Gasteiger partial charge >= 0.3 is 12.1 Å². The third-order valence-electron chi connectivity index (χ3n) is 5.09. The average Bonchev–Trinajstić information content (AvgIpc) is 3.23. The van der Waals surface area contributed by atoms with Gasteiger partial charge in [-0.15, -0.1) is 0 Å². The van der Waals surface area contributed by atoms with E-state index in [9.17, 15) is 27.6 Å². The van der Waals surface area contributed by atoms with Gasteiger partial charge < -0.3 is 9.47 Å². The number of hydrogen-bond donors (Lipinski definition) is 0. The molecule has 0 radical (unpaired) electrons. The van der Waals surface area contributed by atoms with E-state index >= 15 is 0 Å². The van der Waals surface area contributed by atoms with Gasteiger partial charge in [0.05, 0.1) is 29.2 Å². The molecule has 1 aromatic rings. The van der Waals surface area contributed by atoms with E-state index in [1.807, 2.05) is 0 Å². The predicted octanol–water partition coefficient (Wildman–Crippen LogP) is 2.08. The van der Waals surface area contributed by atoms with E-state index in [-0.39, 0.29) is 12.3 Å². The van der Waals surface area contributed by atoms with Crippen molar-refractivity contribution in [3.05, 3.63) is 42.0 Å². The molecule has 6 nitrogen and oxygen atoms in total. The van der Waals surface area contributed by atoms with Crippen molar-refractivity contribution in [3.63, 3.8) is 0 Å². The zero-order valence-electron chi connectivity index (χ0n) is 14.0. The number of nitrogens with zero attached hydrogens (tertiary/aromatic N) is 1. The Balaban J connectivity index is 1.69. The molecule has 1 aromatic carbocycles. The Morgan fingerprint density at radius 2 is 2.04 bits per heavy atom. The van der Waals surface area contributed by atoms with E-state index < -0.39 is 53.1 Å². The Morgan fingerprint density at radius 3 is 2.70 bits per heavy atom. The monoisotopic (exact) mass is 381 g/mol. The van der Waals surface area contributed by atoms with E-state index in [0.717, 1.165) is 23.1 Å². The number of rotatable bonds is 3. The maximum Gasteiger partial charge on any atom is 0.416 e. The smallest absolute Gasteiger partial charge is 0.416 e. The first-order chi connectivity index (χ1) is 12.6. The van der Waals surface area contributed by atoms with Crippen molar-refractivity contribution in [1.29, 1.82) is 0 Å². The van der Waals surface area contributed by atoms with Crippen LogP contribution in [0.15, 0.2) is 36.4 Å². The summed E-state index contributed by atoms with van der Waals surface area (Å²) in [6.45, 7) is 0.960. The minimum Gasteiger partial charge on any atom is -0.462 e. The van der Waals surface area contributed by atoms with Gasteiger partial charge in [-0.05, 0) is 24.3 Å². The largest absolute Gasteiger partial charge is 0.462 e. The summed E-state index contributed by atoms with van der Waals surface area (Å²) in [4.78, 5) is 37.7. The van der Waals surface area contributed by atoms with Crippen LogP contribution < -0.4 is 4.90 Å². The number of esters is 1. The van der Waals surface area contributed by atoms with Gasteiger partial charge in [-0.1, -0.05) is 12.1 Å². The minimum absolute atomic E-state index is 0.142. The van der Waals surface area contributed by atoms with Gasteiger partial charge in [0.15, 0.2) is 0 Å². The molecule has 2 fully saturated rings. The molecule has 0 aliphatic carbocycles. The summed E-state index contributed by atoms with van der Waals surface area (Å²) in [6, 6.07) is 4.06. The lowest BCUT2D eigenvalue weighted by Crippen LogP contribution is -2.44. The molecule has 142 valence electrons. The average molecular weight is 381 g/mol. The zero-order valence-corrected chi connectivity index (χ0v) is 14.0. The third kappa shape index (κ3) is 2.56. The van der Waals surface area contributed by atoms with Gasteiger partial charge in [0, 0.05) is 6.92 Å². The molecule has 4 atom stereocenters. The van der Waals surface area contributed by atoms with Gasteiger partial charge in [0.2, 0.25) is 11.8 Å². The normalized spacial score (nSPS) is 31.6. The molecule has 3 heterocycles. The highest BCUT2D eigenvalue weighted by molar-refractivity contribution is 6.23. The number of halogens is 3. The highest BCUT2D eigenvalue weighted by atomic mass is 19.4. The molecule has 9 heteroatoms. The van der Waals surface area contributed by atoms with Gasteiger partial charge in [-0.25, -0.2) is 4.90 Å². The second-order valence-electron chi connectivity index (χ2n) is 6.74. The summed E-state index contributed by atoms with van der Waals surface area (Å²) < 4.78 is 49.7. The molecule has 0 unspecified atom stereocenters. The number of anilines is 1. The van der Waals surface area contributed by atoms with Crippen LogP contribution in [0.1, 0.15) is 12.5 Å². The second kappa shape index (κ2) is 5.66. The Kier molecular flexibility index (Phi) is 3.71. The molecule has 3 aliphatic rings. The summed E-state index contributed by atoms with van der Waals surface area (Å²) in [5, 5.41) is 0. The van der Waals surface area contributed by atoms with E-state index in [4.69, 9.17) is 9.47 Å². The molecule has 2 amide bonds. The maximum atomic E-state index is 13.0. The Bertz CT molecular complexity index is 880. The summed E-state index contributed by atoms with van der Waals surface area (Å²) in [7, 11) is 0. The van der Waals surface area contributed by atoms with Crippen LogP contribution in [0, 0.1) is 11.8 Å². The Labute approximate surface area is 151 Å². The fourth-order valence-corrected chi connectivity index (χ4v) is 3.96.